The fraction of sp³-hybridized carbons (Fsp3) is 0.478. The van der Waals surface area contributed by atoms with E-state index in [0.29, 0.717) is 16.7 Å². The molecular weight excluding hydrogens is 276 g/mol. The molecule has 1 saturated carbocycles. The Bertz CT molecular complexity index is 685. The van der Waals surface area contributed by atoms with Crippen LogP contribution in [0.5, 0.6) is 0 Å². The summed E-state index contributed by atoms with van der Waals surface area (Å²) in [6, 6.07) is 15.9. The van der Waals surface area contributed by atoms with E-state index in [9.17, 15) is 0 Å². The molecule has 0 atom stereocenters. The zero-order chi connectivity index (χ0) is 16.8. The summed E-state index contributed by atoms with van der Waals surface area (Å²) in [4.78, 5) is 0. The first-order valence-corrected chi connectivity index (χ1v) is 8.87. The van der Waals surface area contributed by atoms with E-state index in [4.69, 9.17) is 0 Å². The van der Waals surface area contributed by atoms with E-state index in [2.05, 4.69) is 84.0 Å². The lowest BCUT2D eigenvalue weighted by Crippen LogP contribution is -2.25. The van der Waals surface area contributed by atoms with Crippen LogP contribution >= 0.6 is 0 Å². The summed E-state index contributed by atoms with van der Waals surface area (Å²) in [5.41, 5.74) is 7.82. The molecule has 0 saturated heterocycles. The maximum Gasteiger partial charge on any atom is -0.0149 e. The van der Waals surface area contributed by atoms with Crippen LogP contribution in [0.15, 0.2) is 42.5 Å². The maximum absolute atomic E-state index is 2.45. The molecule has 3 rings (SSSR count). The van der Waals surface area contributed by atoms with E-state index < -0.39 is 0 Å². The van der Waals surface area contributed by atoms with Gasteiger partial charge in [0.2, 0.25) is 0 Å². The molecule has 0 nitrogen and oxygen atoms in total. The standard InChI is InChI=1S/C23H30/c1-16-7-10-18(11-8-16)19-12-9-17(2)21(13-19)20-14-22(3,4)23(5,6)15-20/h7-13,20H,14-15H2,1-6H3. The molecule has 0 spiro atoms. The highest BCUT2D eigenvalue weighted by Crippen LogP contribution is 2.58. The van der Waals surface area contributed by atoms with Gasteiger partial charge in [0.15, 0.2) is 0 Å². The lowest BCUT2D eigenvalue weighted by molar-refractivity contribution is 0.157. The summed E-state index contributed by atoms with van der Waals surface area (Å²) >= 11 is 0. The van der Waals surface area contributed by atoms with Gasteiger partial charge in [0.1, 0.15) is 0 Å². The molecule has 1 fully saturated rings. The van der Waals surface area contributed by atoms with E-state index in [1.54, 1.807) is 5.56 Å². The second kappa shape index (κ2) is 5.51. The number of hydrogen-bond acceptors (Lipinski definition) is 0. The van der Waals surface area contributed by atoms with Gasteiger partial charge >= 0.3 is 0 Å². The molecule has 0 amide bonds. The third-order valence-electron chi connectivity index (χ3n) is 6.45. The minimum Gasteiger partial charge on any atom is -0.0594 e. The van der Waals surface area contributed by atoms with Crippen LogP contribution in [0.1, 0.15) is 63.1 Å². The van der Waals surface area contributed by atoms with Crippen LogP contribution in [-0.4, -0.2) is 0 Å². The first-order chi connectivity index (χ1) is 10.7. The molecule has 0 heteroatoms. The SMILES string of the molecule is Cc1ccc(-c2ccc(C)c(C3CC(C)(C)C(C)(C)C3)c2)cc1. The van der Waals surface area contributed by atoms with Gasteiger partial charge in [-0.1, -0.05) is 75.7 Å². The summed E-state index contributed by atoms with van der Waals surface area (Å²) in [6.45, 7) is 14.2. The average Bonchev–Trinajstić information content (AvgIpc) is 2.69. The molecule has 0 unspecified atom stereocenters. The van der Waals surface area contributed by atoms with Crippen LogP contribution in [0.25, 0.3) is 11.1 Å². The Kier molecular flexibility index (Phi) is 3.91. The Hall–Kier alpha value is -1.56. The molecule has 0 N–H and O–H groups in total. The molecule has 23 heavy (non-hydrogen) atoms. The number of rotatable bonds is 2. The monoisotopic (exact) mass is 306 g/mol. The zero-order valence-corrected chi connectivity index (χ0v) is 15.5. The van der Waals surface area contributed by atoms with Crippen LogP contribution in [0.4, 0.5) is 0 Å². The Morgan fingerprint density at radius 1 is 0.739 bits per heavy atom. The fourth-order valence-corrected chi connectivity index (χ4v) is 4.08. The highest BCUT2D eigenvalue weighted by molar-refractivity contribution is 5.65. The van der Waals surface area contributed by atoms with Crippen molar-refractivity contribution < 1.29 is 0 Å². The highest BCUT2D eigenvalue weighted by Gasteiger charge is 2.46. The van der Waals surface area contributed by atoms with Gasteiger partial charge in [-0.05, 0) is 65.7 Å². The summed E-state index contributed by atoms with van der Waals surface area (Å²) in [5.74, 6) is 0.686. The second-order valence-electron chi connectivity index (χ2n) is 8.81. The Morgan fingerprint density at radius 2 is 1.26 bits per heavy atom. The Morgan fingerprint density at radius 3 is 1.83 bits per heavy atom. The summed E-state index contributed by atoms with van der Waals surface area (Å²) in [5, 5.41) is 0. The molecular formula is C23H30. The van der Waals surface area contributed by atoms with Crippen molar-refractivity contribution in [1.29, 1.82) is 0 Å². The molecule has 1 aliphatic carbocycles. The fourth-order valence-electron chi connectivity index (χ4n) is 4.08. The molecule has 0 bridgehead atoms. The van der Waals surface area contributed by atoms with Crippen LogP contribution < -0.4 is 0 Å². The zero-order valence-electron chi connectivity index (χ0n) is 15.5. The topological polar surface area (TPSA) is 0 Å². The Balaban J connectivity index is 1.98. The van der Waals surface area contributed by atoms with Crippen molar-refractivity contribution in [2.24, 2.45) is 10.8 Å². The number of benzene rings is 2. The lowest BCUT2D eigenvalue weighted by Gasteiger charge is -2.34. The largest absolute Gasteiger partial charge is 0.0594 e. The predicted octanol–water partition coefficient (Wildman–Crippen LogP) is 6.90. The van der Waals surface area contributed by atoms with Crippen LogP contribution in [0, 0.1) is 24.7 Å². The first-order valence-electron chi connectivity index (χ1n) is 8.87. The first kappa shape index (κ1) is 16.3. The molecule has 0 aromatic heterocycles. The van der Waals surface area contributed by atoms with Gasteiger partial charge in [-0.15, -0.1) is 0 Å². The van der Waals surface area contributed by atoms with Crippen molar-refractivity contribution in [3.8, 4) is 11.1 Å². The van der Waals surface area contributed by atoms with Crippen molar-refractivity contribution in [2.75, 3.05) is 0 Å². The molecule has 1 aliphatic rings. The van der Waals surface area contributed by atoms with E-state index in [1.165, 1.54) is 35.1 Å². The third-order valence-corrected chi connectivity index (χ3v) is 6.45. The summed E-state index contributed by atoms with van der Waals surface area (Å²) < 4.78 is 0. The number of aryl methyl sites for hydroxylation is 2. The average molecular weight is 306 g/mol. The Labute approximate surface area is 141 Å². The van der Waals surface area contributed by atoms with Gasteiger partial charge in [-0.3, -0.25) is 0 Å². The van der Waals surface area contributed by atoms with Gasteiger partial charge in [0, 0.05) is 0 Å². The highest BCUT2D eigenvalue weighted by atomic mass is 14.5. The molecule has 0 radical (unpaired) electrons. The van der Waals surface area contributed by atoms with Crippen molar-refractivity contribution in [2.45, 2.75) is 60.3 Å². The van der Waals surface area contributed by atoms with Gasteiger partial charge in [-0.2, -0.15) is 0 Å². The van der Waals surface area contributed by atoms with Crippen molar-refractivity contribution >= 4 is 0 Å². The predicted molar refractivity (Wildman–Crippen MR) is 101 cm³/mol. The smallest absolute Gasteiger partial charge is 0.0149 e. The van der Waals surface area contributed by atoms with Gasteiger partial charge in [-0.25, -0.2) is 0 Å². The van der Waals surface area contributed by atoms with E-state index >= 15 is 0 Å². The van der Waals surface area contributed by atoms with E-state index in [1.807, 2.05) is 0 Å². The third kappa shape index (κ3) is 2.96. The van der Waals surface area contributed by atoms with Crippen LogP contribution in [0.3, 0.4) is 0 Å². The molecule has 2 aromatic rings. The minimum atomic E-state index is 0.407. The van der Waals surface area contributed by atoms with E-state index in [0.717, 1.165) is 0 Å². The molecule has 0 heterocycles. The normalized spacial score (nSPS) is 19.9. The van der Waals surface area contributed by atoms with Crippen LogP contribution in [0.2, 0.25) is 0 Å². The summed E-state index contributed by atoms with van der Waals surface area (Å²) in [6.07, 6.45) is 2.58. The second-order valence-corrected chi connectivity index (χ2v) is 8.81. The van der Waals surface area contributed by atoms with Crippen molar-refractivity contribution in [1.82, 2.24) is 0 Å². The quantitative estimate of drug-likeness (QED) is 0.566. The lowest BCUT2D eigenvalue weighted by atomic mass is 9.71. The molecule has 2 aromatic carbocycles. The summed E-state index contributed by atoms with van der Waals surface area (Å²) in [7, 11) is 0. The molecule has 122 valence electrons. The van der Waals surface area contributed by atoms with Gasteiger partial charge < -0.3 is 0 Å². The van der Waals surface area contributed by atoms with Gasteiger partial charge in [0.05, 0.1) is 0 Å². The number of hydrogen-bond donors (Lipinski definition) is 0. The van der Waals surface area contributed by atoms with Gasteiger partial charge in [0.25, 0.3) is 0 Å². The van der Waals surface area contributed by atoms with Crippen molar-refractivity contribution in [3.05, 3.63) is 59.2 Å². The van der Waals surface area contributed by atoms with Crippen LogP contribution in [-0.2, 0) is 0 Å². The molecule has 0 aliphatic heterocycles. The maximum atomic E-state index is 2.45. The van der Waals surface area contributed by atoms with E-state index in [-0.39, 0.29) is 0 Å². The van der Waals surface area contributed by atoms with Crippen molar-refractivity contribution in [3.63, 3.8) is 0 Å². The minimum absolute atomic E-state index is 0.407.